The number of aliphatic hydroxyl groups is 1. The molecule has 2 aromatic rings. The van der Waals surface area contributed by atoms with Gasteiger partial charge in [-0.2, -0.15) is 5.10 Å². The summed E-state index contributed by atoms with van der Waals surface area (Å²) >= 11 is 5.95. The van der Waals surface area contributed by atoms with Crippen molar-refractivity contribution < 1.29 is 5.11 Å². The van der Waals surface area contributed by atoms with Crippen LogP contribution in [-0.4, -0.2) is 19.9 Å². The average Bonchev–Trinajstić information content (AvgIpc) is 3.17. The van der Waals surface area contributed by atoms with Crippen molar-refractivity contribution in [2.75, 3.05) is 0 Å². The van der Waals surface area contributed by atoms with Gasteiger partial charge in [0.2, 0.25) is 0 Å². The summed E-state index contributed by atoms with van der Waals surface area (Å²) in [7, 11) is 0. The Labute approximate surface area is 123 Å². The zero-order valence-corrected chi connectivity index (χ0v) is 12.2. The fourth-order valence-electron chi connectivity index (χ4n) is 2.78. The Balaban J connectivity index is 1.95. The highest BCUT2D eigenvalue weighted by atomic mass is 35.5. The summed E-state index contributed by atoms with van der Waals surface area (Å²) in [5, 5.41) is 16.1. The Kier molecular flexibility index (Phi) is 3.52. The van der Waals surface area contributed by atoms with E-state index in [1.54, 1.807) is 11.0 Å². The molecule has 4 nitrogen and oxygen atoms in total. The second-order valence-electron chi connectivity index (χ2n) is 5.65. The number of benzene rings is 1. The number of hydrogen-bond acceptors (Lipinski definition) is 3. The van der Waals surface area contributed by atoms with Gasteiger partial charge in [-0.05, 0) is 42.4 Å². The van der Waals surface area contributed by atoms with Crippen LogP contribution in [0.15, 0.2) is 36.9 Å². The van der Waals surface area contributed by atoms with Crippen molar-refractivity contribution in [1.29, 1.82) is 0 Å². The van der Waals surface area contributed by atoms with Crippen molar-refractivity contribution in [3.63, 3.8) is 0 Å². The molecule has 1 saturated carbocycles. The summed E-state index contributed by atoms with van der Waals surface area (Å²) in [5.41, 5.74) is -0.0591. The Morgan fingerprint density at radius 2 is 2.10 bits per heavy atom. The lowest BCUT2D eigenvalue weighted by Gasteiger charge is -2.35. The second kappa shape index (κ2) is 5.19. The van der Waals surface area contributed by atoms with E-state index < -0.39 is 5.60 Å². The molecule has 1 aliphatic rings. The standard InChI is InChI=1S/C15H18ClN3O/c1-11(12-2-3-12)15(20,8-19-10-17-9-18-19)13-4-6-14(16)7-5-13/h4-7,9-12,20H,2-3,8H2,1H3/t11-,15-/m1/s1. The molecule has 1 fully saturated rings. The van der Waals surface area contributed by atoms with Gasteiger partial charge in [-0.25, -0.2) is 9.67 Å². The van der Waals surface area contributed by atoms with E-state index in [-0.39, 0.29) is 5.92 Å². The molecule has 5 heteroatoms. The molecule has 2 atom stereocenters. The zero-order chi connectivity index (χ0) is 14.2. The van der Waals surface area contributed by atoms with Crippen molar-refractivity contribution >= 4 is 11.6 Å². The fourth-order valence-corrected chi connectivity index (χ4v) is 2.91. The monoisotopic (exact) mass is 291 g/mol. The van der Waals surface area contributed by atoms with Gasteiger partial charge in [0.05, 0.1) is 6.54 Å². The number of halogens is 1. The van der Waals surface area contributed by atoms with E-state index in [1.807, 2.05) is 24.3 Å². The molecular weight excluding hydrogens is 274 g/mol. The molecule has 1 aliphatic carbocycles. The third-order valence-corrected chi connectivity index (χ3v) is 4.55. The van der Waals surface area contributed by atoms with Gasteiger partial charge in [0.1, 0.15) is 18.3 Å². The minimum Gasteiger partial charge on any atom is -0.383 e. The molecule has 1 heterocycles. The highest BCUT2D eigenvalue weighted by Crippen LogP contribution is 2.46. The van der Waals surface area contributed by atoms with E-state index in [0.717, 1.165) is 5.56 Å². The average molecular weight is 292 g/mol. The van der Waals surface area contributed by atoms with Gasteiger partial charge < -0.3 is 5.11 Å². The molecule has 1 N–H and O–H groups in total. The van der Waals surface area contributed by atoms with E-state index >= 15 is 0 Å². The minimum atomic E-state index is -0.945. The maximum atomic E-state index is 11.3. The number of aromatic nitrogens is 3. The highest BCUT2D eigenvalue weighted by molar-refractivity contribution is 6.30. The summed E-state index contributed by atoms with van der Waals surface area (Å²) in [4.78, 5) is 3.95. The first kappa shape index (κ1) is 13.6. The van der Waals surface area contributed by atoms with Gasteiger partial charge in [0.15, 0.2) is 0 Å². The smallest absolute Gasteiger partial charge is 0.137 e. The Bertz CT molecular complexity index is 565. The molecule has 0 radical (unpaired) electrons. The molecule has 0 spiro atoms. The molecule has 0 aliphatic heterocycles. The maximum Gasteiger partial charge on any atom is 0.137 e. The van der Waals surface area contributed by atoms with Crippen molar-refractivity contribution in [3.8, 4) is 0 Å². The first-order valence-electron chi connectivity index (χ1n) is 6.90. The quantitative estimate of drug-likeness (QED) is 0.921. The van der Waals surface area contributed by atoms with Crippen LogP contribution in [0.5, 0.6) is 0 Å². The van der Waals surface area contributed by atoms with Crippen molar-refractivity contribution in [1.82, 2.24) is 14.8 Å². The van der Waals surface area contributed by atoms with Crippen LogP contribution >= 0.6 is 11.6 Å². The van der Waals surface area contributed by atoms with E-state index in [4.69, 9.17) is 11.6 Å². The Morgan fingerprint density at radius 1 is 1.40 bits per heavy atom. The Morgan fingerprint density at radius 3 is 2.65 bits per heavy atom. The van der Waals surface area contributed by atoms with Crippen molar-refractivity contribution in [2.45, 2.75) is 31.9 Å². The molecule has 0 saturated heterocycles. The minimum absolute atomic E-state index is 0.174. The van der Waals surface area contributed by atoms with E-state index in [1.165, 1.54) is 19.2 Å². The molecule has 106 valence electrons. The van der Waals surface area contributed by atoms with E-state index in [0.29, 0.717) is 17.5 Å². The maximum absolute atomic E-state index is 11.3. The van der Waals surface area contributed by atoms with Gasteiger partial charge in [-0.3, -0.25) is 0 Å². The number of rotatable bonds is 5. The van der Waals surface area contributed by atoms with Crippen LogP contribution in [0, 0.1) is 11.8 Å². The van der Waals surface area contributed by atoms with E-state index in [9.17, 15) is 5.11 Å². The van der Waals surface area contributed by atoms with Crippen LogP contribution < -0.4 is 0 Å². The lowest BCUT2D eigenvalue weighted by molar-refractivity contribution is -0.0442. The molecular formula is C15H18ClN3O. The van der Waals surface area contributed by atoms with Gasteiger partial charge in [0.25, 0.3) is 0 Å². The highest BCUT2D eigenvalue weighted by Gasteiger charge is 2.44. The normalized spacial score (nSPS) is 19.6. The predicted octanol–water partition coefficient (Wildman–Crippen LogP) is 2.87. The van der Waals surface area contributed by atoms with Crippen molar-refractivity contribution in [2.24, 2.45) is 11.8 Å². The van der Waals surface area contributed by atoms with Gasteiger partial charge in [0, 0.05) is 5.02 Å². The summed E-state index contributed by atoms with van der Waals surface area (Å²) in [5.74, 6) is 0.757. The van der Waals surface area contributed by atoms with Crippen LogP contribution in [0.3, 0.4) is 0 Å². The van der Waals surface area contributed by atoms with Crippen LogP contribution in [0.4, 0.5) is 0 Å². The Hall–Kier alpha value is -1.39. The van der Waals surface area contributed by atoms with Crippen LogP contribution in [0.25, 0.3) is 0 Å². The third kappa shape index (κ3) is 2.58. The summed E-state index contributed by atoms with van der Waals surface area (Å²) < 4.78 is 1.69. The number of hydrogen-bond donors (Lipinski definition) is 1. The molecule has 0 unspecified atom stereocenters. The summed E-state index contributed by atoms with van der Waals surface area (Å²) in [6.45, 7) is 2.52. The summed E-state index contributed by atoms with van der Waals surface area (Å²) in [6.07, 6.45) is 5.51. The van der Waals surface area contributed by atoms with Gasteiger partial charge >= 0.3 is 0 Å². The second-order valence-corrected chi connectivity index (χ2v) is 6.09. The van der Waals surface area contributed by atoms with Crippen LogP contribution in [0.2, 0.25) is 5.02 Å². The third-order valence-electron chi connectivity index (χ3n) is 4.30. The molecule has 3 rings (SSSR count). The predicted molar refractivity (Wildman–Crippen MR) is 77.3 cm³/mol. The SMILES string of the molecule is C[C@H](C1CC1)[C@](O)(Cn1cncn1)c1ccc(Cl)cc1. The lowest BCUT2D eigenvalue weighted by Crippen LogP contribution is -2.39. The largest absolute Gasteiger partial charge is 0.383 e. The van der Waals surface area contributed by atoms with E-state index in [2.05, 4.69) is 17.0 Å². The lowest BCUT2D eigenvalue weighted by atomic mass is 9.79. The molecule has 0 bridgehead atoms. The summed E-state index contributed by atoms with van der Waals surface area (Å²) in [6, 6.07) is 7.45. The van der Waals surface area contributed by atoms with Gasteiger partial charge in [-0.15, -0.1) is 0 Å². The molecule has 1 aromatic carbocycles. The molecule has 1 aromatic heterocycles. The first-order chi connectivity index (χ1) is 9.59. The van der Waals surface area contributed by atoms with Crippen molar-refractivity contribution in [3.05, 3.63) is 47.5 Å². The molecule has 20 heavy (non-hydrogen) atoms. The van der Waals surface area contributed by atoms with Gasteiger partial charge in [-0.1, -0.05) is 30.7 Å². The van der Waals surface area contributed by atoms with Crippen LogP contribution in [-0.2, 0) is 12.1 Å². The zero-order valence-electron chi connectivity index (χ0n) is 11.4. The van der Waals surface area contributed by atoms with Crippen LogP contribution in [0.1, 0.15) is 25.3 Å². The topological polar surface area (TPSA) is 50.9 Å². The molecule has 0 amide bonds. The first-order valence-corrected chi connectivity index (χ1v) is 7.28. The number of nitrogens with zero attached hydrogens (tertiary/aromatic N) is 3. The fraction of sp³-hybridized carbons (Fsp3) is 0.467.